The van der Waals surface area contributed by atoms with Crippen LogP contribution in [-0.4, -0.2) is 18.6 Å². The van der Waals surface area contributed by atoms with Gasteiger partial charge in [0.1, 0.15) is 11.9 Å². The van der Waals surface area contributed by atoms with Crippen LogP contribution in [0, 0.1) is 6.92 Å². The van der Waals surface area contributed by atoms with Gasteiger partial charge in [0, 0.05) is 36.4 Å². The molecule has 1 aromatic carbocycles. The molecule has 3 heterocycles. The van der Waals surface area contributed by atoms with Gasteiger partial charge in [-0.05, 0) is 35.9 Å². The summed E-state index contributed by atoms with van der Waals surface area (Å²) in [5.41, 5.74) is 4.57. The molecular formula is C18H21ClN2O2S. The predicted molar refractivity (Wildman–Crippen MR) is 99.5 cm³/mol. The smallest absolute Gasteiger partial charge is 0.224 e. The maximum absolute atomic E-state index is 11.6. The molecule has 0 saturated heterocycles. The number of hydrogen-bond acceptors (Lipinski definition) is 4. The van der Waals surface area contributed by atoms with Gasteiger partial charge in [0.2, 0.25) is 5.91 Å². The third-order valence-electron chi connectivity index (χ3n) is 4.50. The Morgan fingerprint density at radius 3 is 3.08 bits per heavy atom. The van der Waals surface area contributed by atoms with Crippen molar-refractivity contribution in [3.8, 4) is 5.75 Å². The fourth-order valence-corrected chi connectivity index (χ4v) is 4.11. The fourth-order valence-electron chi connectivity index (χ4n) is 3.43. The van der Waals surface area contributed by atoms with Crippen molar-refractivity contribution < 1.29 is 9.53 Å². The average molecular weight is 365 g/mol. The van der Waals surface area contributed by atoms with Crippen LogP contribution in [0.25, 0.3) is 0 Å². The Morgan fingerprint density at radius 2 is 2.29 bits per heavy atom. The standard InChI is InChI=1S/C18H20N2O2S.ClH/c1-11-7-12-8-13(9-19-10-14-3-2-6-23-14)22-18(12)15-4-5-16(21)20-17(11)15;/h2-3,6-7,13,19H,4-5,8-10H2,1H3,(H,20,21);1H. The number of ether oxygens (including phenoxy) is 1. The lowest BCUT2D eigenvalue weighted by Crippen LogP contribution is -2.29. The van der Waals surface area contributed by atoms with E-state index >= 15 is 0 Å². The number of benzene rings is 1. The maximum Gasteiger partial charge on any atom is 0.224 e. The van der Waals surface area contributed by atoms with Gasteiger partial charge < -0.3 is 15.4 Å². The predicted octanol–water partition coefficient (Wildman–Crippen LogP) is 3.46. The van der Waals surface area contributed by atoms with Crippen LogP contribution >= 0.6 is 23.7 Å². The molecule has 2 aromatic rings. The van der Waals surface area contributed by atoms with Crippen LogP contribution in [0.15, 0.2) is 23.6 Å². The summed E-state index contributed by atoms with van der Waals surface area (Å²) in [6.07, 6.45) is 2.44. The number of hydrogen-bond donors (Lipinski definition) is 2. The van der Waals surface area contributed by atoms with Crippen LogP contribution in [-0.2, 0) is 24.2 Å². The number of halogens is 1. The zero-order valence-corrected chi connectivity index (χ0v) is 15.2. The number of thiophene rings is 1. The van der Waals surface area contributed by atoms with Gasteiger partial charge in [-0.15, -0.1) is 23.7 Å². The van der Waals surface area contributed by atoms with E-state index in [-0.39, 0.29) is 24.4 Å². The number of nitrogens with one attached hydrogen (secondary N) is 2. The van der Waals surface area contributed by atoms with Crippen LogP contribution in [0.2, 0.25) is 0 Å². The summed E-state index contributed by atoms with van der Waals surface area (Å²) in [6, 6.07) is 6.39. The first-order chi connectivity index (χ1) is 11.2. The van der Waals surface area contributed by atoms with E-state index in [0.29, 0.717) is 6.42 Å². The summed E-state index contributed by atoms with van der Waals surface area (Å²) in [4.78, 5) is 13.0. The Labute approximate surface area is 152 Å². The highest BCUT2D eigenvalue weighted by atomic mass is 35.5. The van der Waals surface area contributed by atoms with Crippen molar-refractivity contribution in [2.45, 2.75) is 38.8 Å². The molecule has 6 heteroatoms. The number of fused-ring (bicyclic) bond motifs is 3. The number of carbonyl (C=O) groups is 1. The molecule has 1 aromatic heterocycles. The zero-order valence-electron chi connectivity index (χ0n) is 13.6. The average Bonchev–Trinajstić information content (AvgIpc) is 3.17. The van der Waals surface area contributed by atoms with Crippen molar-refractivity contribution in [1.29, 1.82) is 0 Å². The van der Waals surface area contributed by atoms with Gasteiger partial charge in [-0.2, -0.15) is 0 Å². The molecule has 4 rings (SSSR count). The van der Waals surface area contributed by atoms with Crippen LogP contribution < -0.4 is 15.4 Å². The Hall–Kier alpha value is -1.56. The minimum atomic E-state index is 0. The zero-order chi connectivity index (χ0) is 15.8. The summed E-state index contributed by atoms with van der Waals surface area (Å²) >= 11 is 1.77. The highest BCUT2D eigenvalue weighted by molar-refractivity contribution is 7.09. The van der Waals surface area contributed by atoms with Crippen molar-refractivity contribution in [1.82, 2.24) is 5.32 Å². The number of anilines is 1. The first-order valence-corrected chi connectivity index (χ1v) is 8.93. The molecule has 0 spiro atoms. The molecule has 0 fully saturated rings. The number of amides is 1. The van der Waals surface area contributed by atoms with Crippen molar-refractivity contribution in [3.05, 3.63) is 45.1 Å². The normalized spacial score (nSPS) is 18.2. The van der Waals surface area contributed by atoms with E-state index in [1.165, 1.54) is 16.0 Å². The van der Waals surface area contributed by atoms with Crippen LogP contribution in [0.4, 0.5) is 5.69 Å². The van der Waals surface area contributed by atoms with Crippen molar-refractivity contribution in [3.63, 3.8) is 0 Å². The summed E-state index contributed by atoms with van der Waals surface area (Å²) in [5.74, 6) is 1.11. The number of rotatable bonds is 4. The quantitative estimate of drug-likeness (QED) is 0.873. The second-order valence-corrected chi connectivity index (χ2v) is 7.27. The van der Waals surface area contributed by atoms with Gasteiger partial charge in [-0.1, -0.05) is 12.1 Å². The Morgan fingerprint density at radius 1 is 1.42 bits per heavy atom. The molecule has 2 N–H and O–H groups in total. The number of aryl methyl sites for hydroxylation is 1. The van der Waals surface area contributed by atoms with Crippen molar-refractivity contribution in [2.24, 2.45) is 0 Å². The van der Waals surface area contributed by atoms with Crippen LogP contribution in [0.5, 0.6) is 5.75 Å². The van der Waals surface area contributed by atoms with E-state index in [4.69, 9.17) is 4.74 Å². The molecule has 2 aliphatic heterocycles. The maximum atomic E-state index is 11.6. The van der Waals surface area contributed by atoms with Crippen LogP contribution in [0.1, 0.15) is 28.0 Å². The van der Waals surface area contributed by atoms with E-state index in [2.05, 4.69) is 41.1 Å². The molecule has 2 aliphatic rings. The Balaban J connectivity index is 0.00000169. The van der Waals surface area contributed by atoms with Crippen LogP contribution in [0.3, 0.4) is 0 Å². The lowest BCUT2D eigenvalue weighted by molar-refractivity contribution is -0.116. The van der Waals surface area contributed by atoms with Crippen molar-refractivity contribution >= 4 is 35.3 Å². The molecule has 24 heavy (non-hydrogen) atoms. The largest absolute Gasteiger partial charge is 0.488 e. The SMILES string of the molecule is Cc1cc2c(c3c1NC(=O)CC3)OC(CNCc1cccs1)C2.Cl. The van der Waals surface area contributed by atoms with Gasteiger partial charge >= 0.3 is 0 Å². The van der Waals surface area contributed by atoms with Crippen molar-refractivity contribution in [2.75, 3.05) is 11.9 Å². The second-order valence-electron chi connectivity index (χ2n) is 6.24. The lowest BCUT2D eigenvalue weighted by atomic mass is 9.94. The third kappa shape index (κ3) is 3.29. The Kier molecular flexibility index (Phi) is 5.13. The molecule has 1 amide bonds. The topological polar surface area (TPSA) is 50.4 Å². The molecule has 0 bridgehead atoms. The fraction of sp³-hybridized carbons (Fsp3) is 0.389. The minimum Gasteiger partial charge on any atom is -0.488 e. The van der Waals surface area contributed by atoms with Gasteiger partial charge in [-0.25, -0.2) is 0 Å². The van der Waals surface area contributed by atoms with Gasteiger partial charge in [0.15, 0.2) is 0 Å². The first kappa shape index (κ1) is 17.3. The molecular weight excluding hydrogens is 344 g/mol. The van der Waals surface area contributed by atoms with E-state index in [9.17, 15) is 4.79 Å². The van der Waals surface area contributed by atoms with Gasteiger partial charge in [-0.3, -0.25) is 4.79 Å². The van der Waals surface area contributed by atoms with E-state index < -0.39 is 0 Å². The molecule has 1 unspecified atom stereocenters. The van der Waals surface area contributed by atoms with Gasteiger partial charge in [0.25, 0.3) is 0 Å². The lowest BCUT2D eigenvalue weighted by Gasteiger charge is -2.22. The second kappa shape index (κ2) is 7.13. The van der Waals surface area contributed by atoms with Gasteiger partial charge in [0.05, 0.1) is 5.69 Å². The molecule has 0 aliphatic carbocycles. The molecule has 0 radical (unpaired) electrons. The summed E-state index contributed by atoms with van der Waals surface area (Å²) < 4.78 is 6.20. The highest BCUT2D eigenvalue weighted by Crippen LogP contribution is 2.41. The van der Waals surface area contributed by atoms with E-state index in [1.807, 2.05) is 0 Å². The Bertz CT molecular complexity index is 746. The summed E-state index contributed by atoms with van der Waals surface area (Å²) in [5, 5.41) is 8.58. The summed E-state index contributed by atoms with van der Waals surface area (Å²) in [7, 11) is 0. The minimum absolute atomic E-state index is 0. The monoisotopic (exact) mass is 364 g/mol. The molecule has 128 valence electrons. The summed E-state index contributed by atoms with van der Waals surface area (Å²) in [6.45, 7) is 3.79. The molecule has 4 nitrogen and oxygen atoms in total. The first-order valence-electron chi connectivity index (χ1n) is 8.05. The molecule has 0 saturated carbocycles. The van der Waals surface area contributed by atoms with E-state index in [0.717, 1.165) is 42.9 Å². The number of carbonyl (C=O) groups excluding carboxylic acids is 1. The molecule has 1 atom stereocenters. The third-order valence-corrected chi connectivity index (χ3v) is 5.38. The highest BCUT2D eigenvalue weighted by Gasteiger charge is 2.30. The van der Waals surface area contributed by atoms with E-state index in [1.54, 1.807) is 11.3 Å².